The van der Waals surface area contributed by atoms with Gasteiger partial charge in [-0.25, -0.2) is 0 Å². The normalized spacial score (nSPS) is 18.9. The van der Waals surface area contributed by atoms with E-state index in [1.165, 1.54) is 29.8 Å². The maximum Gasteiger partial charge on any atom is 0.200 e. The van der Waals surface area contributed by atoms with Crippen LogP contribution in [0.4, 0.5) is 0 Å². The fourth-order valence-corrected chi connectivity index (χ4v) is 6.53. The molecule has 4 nitrogen and oxygen atoms in total. The monoisotopic (exact) mass is 552 g/mol. The molecule has 4 aromatic rings. The lowest BCUT2D eigenvalue weighted by molar-refractivity contribution is 0.363. The van der Waals surface area contributed by atoms with Crippen molar-refractivity contribution < 1.29 is 20.4 Å². The summed E-state index contributed by atoms with van der Waals surface area (Å²) in [6.07, 6.45) is 11.1. The van der Waals surface area contributed by atoms with Crippen molar-refractivity contribution in [2.75, 3.05) is 0 Å². The fourth-order valence-electron chi connectivity index (χ4n) is 6.53. The average molecular weight is 552 g/mol. The maximum atomic E-state index is 11.3. The highest BCUT2D eigenvalue weighted by Crippen LogP contribution is 2.52. The lowest BCUT2D eigenvalue weighted by Crippen LogP contribution is -2.28. The van der Waals surface area contributed by atoms with Gasteiger partial charge in [0.15, 0.2) is 11.5 Å². The Hall–Kier alpha value is -4.90. The number of phenols is 4. The molecular weight excluding hydrogens is 519 g/mol. The van der Waals surface area contributed by atoms with E-state index in [1.807, 2.05) is 42.5 Å². The molecule has 0 spiro atoms. The number of allylic oxidation sites excluding steroid dienone is 5. The van der Waals surface area contributed by atoms with Crippen molar-refractivity contribution in [1.29, 1.82) is 0 Å². The van der Waals surface area contributed by atoms with Crippen LogP contribution in [0.3, 0.4) is 0 Å². The molecule has 0 bridgehead atoms. The van der Waals surface area contributed by atoms with Gasteiger partial charge >= 0.3 is 0 Å². The average Bonchev–Trinajstić information content (AvgIpc) is 3.18. The quantitative estimate of drug-likeness (QED) is 0.161. The summed E-state index contributed by atoms with van der Waals surface area (Å²) in [4.78, 5) is 0. The summed E-state index contributed by atoms with van der Waals surface area (Å²) in [6, 6.07) is 25.1. The SMILES string of the molecule is Bc1c(O)c(O)c(O)c(C2=C3C=CC=CC3CC(/C(C)=c3\ccc(-c4ccccc4)c\c3=C\C)c3ccccc32)c1O. The molecule has 208 valence electrons. The molecule has 5 heteroatoms. The van der Waals surface area contributed by atoms with Crippen molar-refractivity contribution in [3.63, 3.8) is 0 Å². The Morgan fingerprint density at radius 1 is 0.810 bits per heavy atom. The molecule has 42 heavy (non-hydrogen) atoms. The smallest absolute Gasteiger partial charge is 0.200 e. The van der Waals surface area contributed by atoms with Crippen molar-refractivity contribution in [2.24, 2.45) is 5.92 Å². The molecule has 0 aliphatic heterocycles. The second-order valence-electron chi connectivity index (χ2n) is 11.1. The van der Waals surface area contributed by atoms with E-state index in [1.54, 1.807) is 0 Å². The minimum Gasteiger partial charge on any atom is -0.508 e. The van der Waals surface area contributed by atoms with Crippen molar-refractivity contribution >= 4 is 30.5 Å². The first-order chi connectivity index (χ1) is 20.3. The summed E-state index contributed by atoms with van der Waals surface area (Å²) in [5.74, 6) is -1.92. The summed E-state index contributed by atoms with van der Waals surface area (Å²) in [5, 5.41) is 45.7. The molecule has 0 saturated carbocycles. The zero-order valence-electron chi connectivity index (χ0n) is 24.0. The number of fused-ring (bicyclic) bond motifs is 2. The molecule has 0 saturated heterocycles. The Kier molecular flexibility index (Phi) is 7.03. The van der Waals surface area contributed by atoms with E-state index in [0.717, 1.165) is 28.3 Å². The van der Waals surface area contributed by atoms with Gasteiger partial charge < -0.3 is 20.4 Å². The van der Waals surface area contributed by atoms with Crippen molar-refractivity contribution in [3.05, 3.63) is 130 Å². The molecule has 0 fully saturated rings. The number of benzene rings is 4. The van der Waals surface area contributed by atoms with Crippen LogP contribution in [0.5, 0.6) is 23.0 Å². The molecule has 6 rings (SSSR count). The highest BCUT2D eigenvalue weighted by Gasteiger charge is 2.34. The topological polar surface area (TPSA) is 80.9 Å². The molecule has 4 aromatic carbocycles. The summed E-state index contributed by atoms with van der Waals surface area (Å²) in [6.45, 7) is 4.27. The standard InChI is InChI=1S/C37H33BO4/c1-3-22-19-24(23-11-5-4-6-12-23)17-18-26(22)21(2)30-20-25-13-7-8-14-27(25)31(29-16-10-9-15-28(29)30)32-34(39)33(38)36(41)37(42)35(32)40/h3-19,25,30,39-42H,20,38H2,1-2H3/b22-3-,26-21+. The van der Waals surface area contributed by atoms with Crippen LogP contribution < -0.4 is 15.9 Å². The van der Waals surface area contributed by atoms with Crippen molar-refractivity contribution in [3.8, 4) is 34.1 Å². The van der Waals surface area contributed by atoms with E-state index in [2.05, 4.69) is 74.5 Å². The Labute approximate surface area is 246 Å². The first-order valence-electron chi connectivity index (χ1n) is 14.3. The molecule has 0 aromatic heterocycles. The number of rotatable bonds is 3. The van der Waals surface area contributed by atoms with Crippen molar-refractivity contribution in [1.82, 2.24) is 0 Å². The Balaban J connectivity index is 1.61. The van der Waals surface area contributed by atoms with Gasteiger partial charge in [-0.2, -0.15) is 0 Å². The van der Waals surface area contributed by atoms with Crippen molar-refractivity contribution in [2.45, 2.75) is 26.2 Å². The van der Waals surface area contributed by atoms with Gasteiger partial charge in [0.05, 0.1) is 5.56 Å². The van der Waals surface area contributed by atoms with Crippen LogP contribution in [-0.2, 0) is 0 Å². The van der Waals surface area contributed by atoms with Gasteiger partial charge in [0.25, 0.3) is 0 Å². The molecule has 2 aliphatic rings. The van der Waals surface area contributed by atoms with Crippen LogP contribution in [0.1, 0.15) is 42.9 Å². The van der Waals surface area contributed by atoms with Crippen LogP contribution in [0.25, 0.3) is 28.3 Å². The molecule has 2 unspecified atom stereocenters. The zero-order chi connectivity index (χ0) is 29.5. The minimum absolute atomic E-state index is 0.00921. The van der Waals surface area contributed by atoms with E-state index in [4.69, 9.17) is 0 Å². The van der Waals surface area contributed by atoms with Crippen LogP contribution >= 0.6 is 0 Å². The highest BCUT2D eigenvalue weighted by atomic mass is 16.3. The van der Waals surface area contributed by atoms with Gasteiger partial charge in [-0.3, -0.25) is 0 Å². The number of hydrogen-bond acceptors (Lipinski definition) is 4. The Morgan fingerprint density at radius 3 is 2.31 bits per heavy atom. The Morgan fingerprint density at radius 2 is 1.55 bits per heavy atom. The first kappa shape index (κ1) is 27.3. The van der Waals surface area contributed by atoms with Gasteiger partial charge in [-0.1, -0.05) is 103 Å². The molecule has 0 heterocycles. The van der Waals surface area contributed by atoms with E-state index >= 15 is 0 Å². The van der Waals surface area contributed by atoms with E-state index in [-0.39, 0.29) is 28.6 Å². The van der Waals surface area contributed by atoms with E-state index < -0.39 is 17.2 Å². The molecule has 2 aliphatic carbocycles. The van der Waals surface area contributed by atoms with Gasteiger partial charge in [0.1, 0.15) is 13.6 Å². The van der Waals surface area contributed by atoms with Gasteiger partial charge in [0, 0.05) is 17.4 Å². The van der Waals surface area contributed by atoms with Crippen LogP contribution in [0, 0.1) is 5.92 Å². The third-order valence-corrected chi connectivity index (χ3v) is 8.81. The van der Waals surface area contributed by atoms with E-state index in [9.17, 15) is 20.4 Å². The summed E-state index contributed by atoms with van der Waals surface area (Å²) in [7, 11) is 1.53. The van der Waals surface area contributed by atoms with Gasteiger partial charge in [-0.15, -0.1) is 0 Å². The number of phenolic OH excluding ortho intramolecular Hbond substituents is 4. The zero-order valence-corrected chi connectivity index (χ0v) is 24.0. The largest absolute Gasteiger partial charge is 0.508 e. The summed E-state index contributed by atoms with van der Waals surface area (Å²) >= 11 is 0. The minimum atomic E-state index is -0.636. The van der Waals surface area contributed by atoms with Crippen LogP contribution in [-0.4, -0.2) is 28.3 Å². The second kappa shape index (κ2) is 10.8. The number of hydrogen-bond donors (Lipinski definition) is 4. The van der Waals surface area contributed by atoms with Crippen LogP contribution in [0.2, 0.25) is 0 Å². The maximum absolute atomic E-state index is 11.3. The molecule has 2 atom stereocenters. The first-order valence-corrected chi connectivity index (χ1v) is 14.3. The predicted molar refractivity (Wildman–Crippen MR) is 173 cm³/mol. The third-order valence-electron chi connectivity index (χ3n) is 8.81. The summed E-state index contributed by atoms with van der Waals surface area (Å²) < 4.78 is 0. The van der Waals surface area contributed by atoms with Gasteiger partial charge in [0.2, 0.25) is 5.75 Å². The highest BCUT2D eigenvalue weighted by molar-refractivity contribution is 6.37. The lowest BCUT2D eigenvalue weighted by Gasteiger charge is -2.23. The van der Waals surface area contributed by atoms with Gasteiger partial charge in [-0.05, 0) is 70.1 Å². The second-order valence-corrected chi connectivity index (χ2v) is 11.1. The Bertz CT molecular complexity index is 1900. The number of aromatic hydroxyl groups is 4. The molecule has 0 amide bonds. The molecule has 0 radical (unpaired) electrons. The third kappa shape index (κ3) is 4.42. The van der Waals surface area contributed by atoms with E-state index in [0.29, 0.717) is 5.57 Å². The molecule has 4 N–H and O–H groups in total. The lowest BCUT2D eigenvalue weighted by atomic mass is 9.80. The molecular formula is C37H33BO4. The summed E-state index contributed by atoms with van der Waals surface area (Å²) in [5.41, 5.74) is 7.36. The predicted octanol–water partition coefficient (Wildman–Crippen LogP) is 5.14. The van der Waals surface area contributed by atoms with Crippen LogP contribution in [0.15, 0.2) is 103 Å². The fraction of sp³-hybridized carbons (Fsp3) is 0.135.